The highest BCUT2D eigenvalue weighted by atomic mass is 16.5. The van der Waals surface area contributed by atoms with Crippen LogP contribution in [0.5, 0.6) is 0 Å². The molecule has 2 rings (SSSR count). The van der Waals surface area contributed by atoms with E-state index in [4.69, 9.17) is 4.74 Å². The molecule has 21 heavy (non-hydrogen) atoms. The summed E-state index contributed by atoms with van der Waals surface area (Å²) in [6.45, 7) is 4.50. The van der Waals surface area contributed by atoms with Gasteiger partial charge in [-0.1, -0.05) is 37.3 Å². The zero-order chi connectivity index (χ0) is 15.2. The number of ketones is 1. The van der Waals surface area contributed by atoms with Crippen molar-refractivity contribution in [1.82, 2.24) is 15.0 Å². The molecule has 0 amide bonds. The maximum Gasteiger partial charge on any atom is 0.184 e. The number of Topliss-reactive ketones (excluding diaryl/α,β-unsaturated/α-hetero) is 1. The molecule has 5 nitrogen and oxygen atoms in total. The van der Waals surface area contributed by atoms with Crippen LogP contribution in [0.25, 0.3) is 5.69 Å². The van der Waals surface area contributed by atoms with Crippen molar-refractivity contribution in [3.8, 4) is 5.69 Å². The van der Waals surface area contributed by atoms with Gasteiger partial charge in [-0.05, 0) is 24.5 Å². The lowest BCUT2D eigenvalue weighted by atomic mass is 10.1. The number of benzene rings is 1. The largest absolute Gasteiger partial charge is 0.384 e. The van der Waals surface area contributed by atoms with Gasteiger partial charge in [0.15, 0.2) is 11.5 Å². The van der Waals surface area contributed by atoms with E-state index in [0.717, 1.165) is 23.4 Å². The summed E-state index contributed by atoms with van der Waals surface area (Å²) in [7, 11) is 1.69. The Bertz CT molecular complexity index is 620. The molecule has 0 aliphatic heterocycles. The lowest BCUT2D eigenvalue weighted by Gasteiger charge is -2.11. The molecule has 0 unspecified atom stereocenters. The standard InChI is InChI=1S/C16H21N3O2/c1-4-13-16(15(20)5-2)17-18-19(13)14-9-7-6-8-12(14)10-11-21-3/h6-9H,4-5,10-11H2,1-3H3. The fourth-order valence-corrected chi connectivity index (χ4v) is 2.34. The van der Waals surface area contributed by atoms with Crippen molar-refractivity contribution < 1.29 is 9.53 Å². The van der Waals surface area contributed by atoms with E-state index in [1.165, 1.54) is 0 Å². The van der Waals surface area contributed by atoms with Crippen LogP contribution < -0.4 is 0 Å². The van der Waals surface area contributed by atoms with E-state index >= 15 is 0 Å². The van der Waals surface area contributed by atoms with Crippen molar-refractivity contribution in [2.45, 2.75) is 33.1 Å². The quantitative estimate of drug-likeness (QED) is 0.735. The Hall–Kier alpha value is -2.01. The molecule has 1 aromatic carbocycles. The summed E-state index contributed by atoms with van der Waals surface area (Å²) in [6.07, 6.45) is 1.95. The van der Waals surface area contributed by atoms with Crippen LogP contribution in [0.3, 0.4) is 0 Å². The summed E-state index contributed by atoms with van der Waals surface area (Å²) in [5.41, 5.74) is 3.46. The van der Waals surface area contributed by atoms with Gasteiger partial charge >= 0.3 is 0 Å². The molecule has 0 spiro atoms. The highest BCUT2D eigenvalue weighted by Crippen LogP contribution is 2.19. The van der Waals surface area contributed by atoms with E-state index in [9.17, 15) is 4.79 Å². The molecule has 0 N–H and O–H groups in total. The molecule has 1 aromatic heterocycles. The third-order valence-corrected chi connectivity index (χ3v) is 3.48. The second kappa shape index (κ2) is 7.13. The maximum absolute atomic E-state index is 12.0. The lowest BCUT2D eigenvalue weighted by molar-refractivity contribution is 0.0982. The van der Waals surface area contributed by atoms with Crippen LogP contribution in [0.15, 0.2) is 24.3 Å². The molecule has 0 radical (unpaired) electrons. The fourth-order valence-electron chi connectivity index (χ4n) is 2.34. The fraction of sp³-hybridized carbons (Fsp3) is 0.438. The van der Waals surface area contributed by atoms with E-state index in [2.05, 4.69) is 16.4 Å². The predicted octanol–water partition coefficient (Wildman–Crippen LogP) is 2.61. The summed E-state index contributed by atoms with van der Waals surface area (Å²) in [6, 6.07) is 8.01. The second-order valence-electron chi connectivity index (χ2n) is 4.80. The van der Waals surface area contributed by atoms with Crippen molar-refractivity contribution in [3.63, 3.8) is 0 Å². The molecule has 112 valence electrons. The van der Waals surface area contributed by atoms with Crippen molar-refractivity contribution in [1.29, 1.82) is 0 Å². The van der Waals surface area contributed by atoms with Crippen molar-refractivity contribution in [2.24, 2.45) is 0 Å². The predicted molar refractivity (Wildman–Crippen MR) is 80.9 cm³/mol. The van der Waals surface area contributed by atoms with Crippen LogP contribution in [0.1, 0.15) is 42.0 Å². The minimum atomic E-state index is 0.0347. The Morgan fingerprint density at radius 3 is 2.71 bits per heavy atom. The van der Waals surface area contributed by atoms with Gasteiger partial charge in [-0.25, -0.2) is 4.68 Å². The SMILES string of the molecule is CCC(=O)c1nnn(-c2ccccc2CCOC)c1CC. The minimum absolute atomic E-state index is 0.0347. The van der Waals surface area contributed by atoms with Crippen molar-refractivity contribution in [2.75, 3.05) is 13.7 Å². The van der Waals surface area contributed by atoms with Gasteiger partial charge in [0.05, 0.1) is 18.0 Å². The normalized spacial score (nSPS) is 10.8. The van der Waals surface area contributed by atoms with Gasteiger partial charge in [0.25, 0.3) is 0 Å². The highest BCUT2D eigenvalue weighted by molar-refractivity contribution is 5.95. The Labute approximate surface area is 124 Å². The smallest absolute Gasteiger partial charge is 0.184 e. The molecule has 0 bridgehead atoms. The second-order valence-corrected chi connectivity index (χ2v) is 4.80. The first kappa shape index (κ1) is 15.4. The van der Waals surface area contributed by atoms with E-state index in [1.807, 2.05) is 32.0 Å². The molecular formula is C16H21N3O2. The zero-order valence-corrected chi connectivity index (χ0v) is 12.8. The van der Waals surface area contributed by atoms with E-state index < -0.39 is 0 Å². The number of hydrogen-bond donors (Lipinski definition) is 0. The minimum Gasteiger partial charge on any atom is -0.384 e. The highest BCUT2D eigenvalue weighted by Gasteiger charge is 2.18. The van der Waals surface area contributed by atoms with E-state index in [-0.39, 0.29) is 5.78 Å². The molecule has 0 atom stereocenters. The first-order valence-corrected chi connectivity index (χ1v) is 7.27. The van der Waals surface area contributed by atoms with Crippen LogP contribution >= 0.6 is 0 Å². The van der Waals surface area contributed by atoms with Gasteiger partial charge in [0.1, 0.15) is 0 Å². The van der Waals surface area contributed by atoms with E-state index in [1.54, 1.807) is 11.8 Å². The third kappa shape index (κ3) is 3.19. The number of methoxy groups -OCH3 is 1. The molecule has 0 saturated carbocycles. The number of aromatic nitrogens is 3. The molecule has 0 fully saturated rings. The number of para-hydroxylation sites is 1. The number of carbonyl (C=O) groups excluding carboxylic acids is 1. The number of hydrogen-bond acceptors (Lipinski definition) is 4. The van der Waals surface area contributed by atoms with E-state index in [0.29, 0.717) is 25.1 Å². The van der Waals surface area contributed by atoms with Crippen LogP contribution in [0, 0.1) is 0 Å². The number of rotatable bonds is 7. The molecule has 0 aliphatic carbocycles. The maximum atomic E-state index is 12.0. The lowest BCUT2D eigenvalue weighted by Crippen LogP contribution is -2.09. The van der Waals surface area contributed by atoms with Crippen LogP contribution in [-0.2, 0) is 17.6 Å². The molecule has 0 aliphatic rings. The topological polar surface area (TPSA) is 57.0 Å². The Balaban J connectivity index is 2.47. The first-order chi connectivity index (χ1) is 10.2. The number of carbonyl (C=O) groups is 1. The number of nitrogens with zero attached hydrogens (tertiary/aromatic N) is 3. The Kier molecular flexibility index (Phi) is 5.22. The summed E-state index contributed by atoms with van der Waals surface area (Å²) >= 11 is 0. The van der Waals surface area contributed by atoms with Crippen LogP contribution in [-0.4, -0.2) is 34.5 Å². The first-order valence-electron chi connectivity index (χ1n) is 7.27. The Morgan fingerprint density at radius 1 is 1.29 bits per heavy atom. The average Bonchev–Trinajstić information content (AvgIpc) is 2.96. The third-order valence-electron chi connectivity index (χ3n) is 3.48. The molecule has 0 saturated heterocycles. The van der Waals surface area contributed by atoms with Gasteiger partial charge < -0.3 is 4.74 Å². The van der Waals surface area contributed by atoms with Crippen molar-refractivity contribution >= 4 is 5.78 Å². The van der Waals surface area contributed by atoms with Crippen LogP contribution in [0.4, 0.5) is 0 Å². The molecular weight excluding hydrogens is 266 g/mol. The summed E-state index contributed by atoms with van der Waals surface area (Å²) < 4.78 is 6.94. The Morgan fingerprint density at radius 2 is 2.05 bits per heavy atom. The summed E-state index contributed by atoms with van der Waals surface area (Å²) in [4.78, 5) is 12.0. The summed E-state index contributed by atoms with van der Waals surface area (Å²) in [5.74, 6) is 0.0347. The summed E-state index contributed by atoms with van der Waals surface area (Å²) in [5, 5.41) is 8.29. The van der Waals surface area contributed by atoms with Crippen molar-refractivity contribution in [3.05, 3.63) is 41.2 Å². The monoisotopic (exact) mass is 287 g/mol. The molecule has 1 heterocycles. The van der Waals surface area contributed by atoms with Gasteiger partial charge in [-0.3, -0.25) is 4.79 Å². The average molecular weight is 287 g/mol. The van der Waals surface area contributed by atoms with Gasteiger partial charge in [-0.2, -0.15) is 0 Å². The zero-order valence-electron chi connectivity index (χ0n) is 12.8. The van der Waals surface area contributed by atoms with Gasteiger partial charge in [0.2, 0.25) is 0 Å². The number of ether oxygens (including phenoxy) is 1. The van der Waals surface area contributed by atoms with Crippen LogP contribution in [0.2, 0.25) is 0 Å². The van der Waals surface area contributed by atoms with Gasteiger partial charge in [-0.15, -0.1) is 5.10 Å². The van der Waals surface area contributed by atoms with Gasteiger partial charge in [0, 0.05) is 13.5 Å². The molecule has 5 heteroatoms. The molecule has 2 aromatic rings.